The van der Waals surface area contributed by atoms with Crippen LogP contribution in [0.5, 0.6) is 0 Å². The maximum atomic E-state index is 10.6. The van der Waals surface area contributed by atoms with Gasteiger partial charge in [-0.2, -0.15) is 5.10 Å². The molecular formula is C12H16N4O3. The topological polar surface area (TPSA) is 100 Å². The molecule has 0 amide bonds. The molecule has 0 fully saturated rings. The minimum atomic E-state index is -0.572. The Morgan fingerprint density at radius 1 is 1.53 bits per heavy atom. The van der Waals surface area contributed by atoms with E-state index < -0.39 is 4.92 Å². The predicted octanol–water partition coefficient (Wildman–Crippen LogP) is 2.37. The summed E-state index contributed by atoms with van der Waals surface area (Å²) >= 11 is 0. The van der Waals surface area contributed by atoms with Crippen LogP contribution in [0.4, 0.5) is 11.7 Å². The summed E-state index contributed by atoms with van der Waals surface area (Å²) in [6, 6.07) is 2.86. The monoisotopic (exact) mass is 264 g/mol. The molecule has 0 aliphatic carbocycles. The van der Waals surface area contributed by atoms with Crippen LogP contribution in [0.15, 0.2) is 16.5 Å². The van der Waals surface area contributed by atoms with Gasteiger partial charge in [-0.1, -0.05) is 13.8 Å². The largest absolute Gasteiger partial charge is 0.433 e. The molecule has 2 aromatic rings. The third kappa shape index (κ3) is 2.44. The van der Waals surface area contributed by atoms with Gasteiger partial charge in [-0.05, 0) is 18.4 Å². The van der Waals surface area contributed by atoms with Crippen molar-refractivity contribution in [3.8, 4) is 11.5 Å². The highest BCUT2D eigenvalue weighted by Gasteiger charge is 2.21. The lowest BCUT2D eigenvalue weighted by molar-refractivity contribution is -0.401. The van der Waals surface area contributed by atoms with Crippen molar-refractivity contribution in [2.75, 3.05) is 5.73 Å². The molecule has 0 aliphatic rings. The maximum absolute atomic E-state index is 10.6. The van der Waals surface area contributed by atoms with Crippen LogP contribution in [0.25, 0.3) is 11.5 Å². The van der Waals surface area contributed by atoms with Gasteiger partial charge in [-0.3, -0.25) is 14.8 Å². The van der Waals surface area contributed by atoms with E-state index in [2.05, 4.69) is 18.9 Å². The van der Waals surface area contributed by atoms with E-state index in [0.717, 1.165) is 12.0 Å². The number of nitro groups is 1. The molecule has 102 valence electrons. The van der Waals surface area contributed by atoms with E-state index in [1.807, 2.05) is 0 Å². The number of nitrogen functional groups attached to an aromatic ring is 1. The molecule has 0 spiro atoms. The number of nitrogens with two attached hydrogens (primary N) is 1. The second kappa shape index (κ2) is 4.75. The van der Waals surface area contributed by atoms with Crippen molar-refractivity contribution >= 4 is 11.7 Å². The number of rotatable bonds is 4. The maximum Gasteiger partial charge on any atom is 0.433 e. The fourth-order valence-electron chi connectivity index (χ4n) is 1.94. The lowest BCUT2D eigenvalue weighted by Crippen LogP contribution is -2.01. The summed E-state index contributed by atoms with van der Waals surface area (Å²) in [6.07, 6.45) is 0.740. The molecule has 0 atom stereocenters. The fourth-order valence-corrected chi connectivity index (χ4v) is 1.94. The first-order valence-corrected chi connectivity index (χ1v) is 5.96. The Morgan fingerprint density at radius 3 is 2.74 bits per heavy atom. The first kappa shape index (κ1) is 13.1. The number of nitrogens with zero attached hydrogens (tertiary/aromatic N) is 3. The molecule has 2 rings (SSSR count). The summed E-state index contributed by atoms with van der Waals surface area (Å²) < 4.78 is 6.75. The van der Waals surface area contributed by atoms with Crippen LogP contribution in [0.1, 0.15) is 19.4 Å². The summed E-state index contributed by atoms with van der Waals surface area (Å²) in [5.41, 5.74) is 7.41. The molecule has 0 aromatic carbocycles. The second-order valence-corrected chi connectivity index (χ2v) is 4.83. The molecule has 0 radical (unpaired) electrons. The Bertz CT molecular complexity index is 613. The zero-order valence-corrected chi connectivity index (χ0v) is 11.1. The molecule has 19 heavy (non-hydrogen) atoms. The minimum Gasteiger partial charge on any atom is -0.399 e. The van der Waals surface area contributed by atoms with Gasteiger partial charge in [0.15, 0.2) is 5.76 Å². The molecule has 2 N–H and O–H groups in total. The molecule has 2 aromatic heterocycles. The van der Waals surface area contributed by atoms with E-state index >= 15 is 0 Å². The van der Waals surface area contributed by atoms with Crippen molar-refractivity contribution in [1.82, 2.24) is 9.78 Å². The van der Waals surface area contributed by atoms with Gasteiger partial charge in [0.1, 0.15) is 16.4 Å². The fraction of sp³-hybridized carbons (Fsp3) is 0.417. The highest BCUT2D eigenvalue weighted by atomic mass is 16.6. The van der Waals surface area contributed by atoms with Crippen molar-refractivity contribution in [2.45, 2.75) is 20.3 Å². The lowest BCUT2D eigenvalue weighted by Gasteiger charge is -2.05. The molecule has 0 unspecified atom stereocenters. The van der Waals surface area contributed by atoms with Crippen LogP contribution >= 0.6 is 0 Å². The van der Waals surface area contributed by atoms with Gasteiger partial charge in [0.25, 0.3) is 0 Å². The van der Waals surface area contributed by atoms with Gasteiger partial charge in [0, 0.05) is 12.6 Å². The molecule has 0 aliphatic heterocycles. The molecule has 0 saturated carbocycles. The highest BCUT2D eigenvalue weighted by molar-refractivity contribution is 5.65. The number of aromatic nitrogens is 2. The van der Waals surface area contributed by atoms with Crippen molar-refractivity contribution in [3.05, 3.63) is 27.8 Å². The predicted molar refractivity (Wildman–Crippen MR) is 70.5 cm³/mol. The normalized spacial score (nSPS) is 11.2. The summed E-state index contributed by atoms with van der Waals surface area (Å²) in [5.74, 6) is 1.03. The molecule has 2 heterocycles. The van der Waals surface area contributed by atoms with Gasteiger partial charge in [-0.15, -0.1) is 0 Å². The number of furan rings is 1. The Kier molecular flexibility index (Phi) is 3.28. The standard InChI is InChI=1S/C12H16N4O3/c1-7(2)6-8-11(14-15(3)12(8)13)9-4-5-10(19-9)16(17)18/h4-5,7H,6,13H2,1-3H3. The van der Waals surface area contributed by atoms with Crippen molar-refractivity contribution < 1.29 is 9.34 Å². The number of hydrogen-bond donors (Lipinski definition) is 1. The lowest BCUT2D eigenvalue weighted by atomic mass is 10.0. The summed E-state index contributed by atoms with van der Waals surface area (Å²) in [6.45, 7) is 4.14. The van der Waals surface area contributed by atoms with Crippen molar-refractivity contribution in [3.63, 3.8) is 0 Å². The first-order chi connectivity index (χ1) is 8.90. The van der Waals surface area contributed by atoms with Crippen molar-refractivity contribution in [2.24, 2.45) is 13.0 Å². The van der Waals surface area contributed by atoms with Gasteiger partial charge in [0.2, 0.25) is 0 Å². The Hall–Kier alpha value is -2.31. The SMILES string of the molecule is CC(C)Cc1c(-c2ccc([N+](=O)[O-])o2)nn(C)c1N. The van der Waals surface area contributed by atoms with E-state index in [4.69, 9.17) is 10.2 Å². The molecular weight excluding hydrogens is 248 g/mol. The summed E-state index contributed by atoms with van der Waals surface area (Å²) in [7, 11) is 1.74. The third-order valence-corrected chi connectivity index (χ3v) is 2.81. The van der Waals surface area contributed by atoms with Gasteiger partial charge < -0.3 is 10.2 Å². The minimum absolute atomic E-state index is 0.297. The Labute approximate surface area is 110 Å². The van der Waals surface area contributed by atoms with Crippen LogP contribution in [-0.2, 0) is 13.5 Å². The Morgan fingerprint density at radius 2 is 2.21 bits per heavy atom. The van der Waals surface area contributed by atoms with E-state index in [-0.39, 0.29) is 5.88 Å². The molecule has 7 nitrogen and oxygen atoms in total. The molecule has 0 bridgehead atoms. The zero-order valence-electron chi connectivity index (χ0n) is 11.1. The number of aryl methyl sites for hydroxylation is 1. The smallest absolute Gasteiger partial charge is 0.399 e. The number of anilines is 1. The first-order valence-electron chi connectivity index (χ1n) is 5.96. The van der Waals surface area contributed by atoms with Gasteiger partial charge in [-0.25, -0.2) is 0 Å². The third-order valence-electron chi connectivity index (χ3n) is 2.81. The Balaban J connectivity index is 2.48. The zero-order chi connectivity index (χ0) is 14.2. The van der Waals surface area contributed by atoms with Crippen molar-refractivity contribution in [1.29, 1.82) is 0 Å². The highest BCUT2D eigenvalue weighted by Crippen LogP contribution is 2.31. The molecule has 0 saturated heterocycles. The van der Waals surface area contributed by atoms with E-state index in [0.29, 0.717) is 23.2 Å². The summed E-state index contributed by atoms with van der Waals surface area (Å²) in [4.78, 5) is 10.1. The van der Waals surface area contributed by atoms with Crippen LogP contribution in [0.2, 0.25) is 0 Å². The average Bonchev–Trinajstić information content (AvgIpc) is 2.89. The van der Waals surface area contributed by atoms with E-state index in [9.17, 15) is 10.1 Å². The average molecular weight is 264 g/mol. The van der Waals surface area contributed by atoms with Gasteiger partial charge in [0.05, 0.1) is 6.07 Å². The van der Waals surface area contributed by atoms with Crippen LogP contribution in [0, 0.1) is 16.0 Å². The second-order valence-electron chi connectivity index (χ2n) is 4.83. The molecule has 7 heteroatoms. The van der Waals surface area contributed by atoms with Crippen LogP contribution in [-0.4, -0.2) is 14.7 Å². The van der Waals surface area contributed by atoms with E-state index in [1.165, 1.54) is 6.07 Å². The van der Waals surface area contributed by atoms with Crippen LogP contribution in [0.3, 0.4) is 0 Å². The number of hydrogen-bond acceptors (Lipinski definition) is 5. The quantitative estimate of drug-likeness (QED) is 0.674. The van der Waals surface area contributed by atoms with Crippen LogP contribution < -0.4 is 5.73 Å². The van der Waals surface area contributed by atoms with E-state index in [1.54, 1.807) is 17.8 Å². The summed E-state index contributed by atoms with van der Waals surface area (Å²) in [5, 5.41) is 14.9. The van der Waals surface area contributed by atoms with Gasteiger partial charge >= 0.3 is 5.88 Å².